The van der Waals surface area contributed by atoms with Gasteiger partial charge in [-0.1, -0.05) is 55.8 Å². The van der Waals surface area contributed by atoms with Gasteiger partial charge in [-0.25, -0.2) is 0 Å². The second-order valence-corrected chi connectivity index (χ2v) is 13.0. The molecule has 0 bridgehead atoms. The van der Waals surface area contributed by atoms with Crippen LogP contribution in [0.1, 0.15) is 45.1 Å². The van der Waals surface area contributed by atoms with Gasteiger partial charge >= 0.3 is 0 Å². The number of benzene rings is 1. The molecule has 0 fully saturated rings. The lowest BCUT2D eigenvalue weighted by molar-refractivity contribution is 0.408. The van der Waals surface area contributed by atoms with Crippen LogP contribution in [0.2, 0.25) is 19.6 Å². The van der Waals surface area contributed by atoms with Crippen molar-refractivity contribution < 1.29 is 4.43 Å². The van der Waals surface area contributed by atoms with Gasteiger partial charge in [0.25, 0.3) is 0 Å². The lowest BCUT2D eigenvalue weighted by Crippen LogP contribution is -2.27. The summed E-state index contributed by atoms with van der Waals surface area (Å²) in [6, 6.07) is 10.8. The lowest BCUT2D eigenvalue weighted by atomic mass is 9.76. The SMILES string of the molecule is C=CC(C)(C)/C(CCc1ccccc1)=C1/CCCC=C1O[Si](C)(C)C. The smallest absolute Gasteiger partial charge is 0.242 e. The molecule has 0 saturated heterocycles. The average Bonchev–Trinajstić information content (AvgIpc) is 2.56. The molecule has 1 nitrogen and oxygen atoms in total. The molecule has 1 aromatic rings. The van der Waals surface area contributed by atoms with Crippen molar-refractivity contribution in [3.05, 3.63) is 71.5 Å². The summed E-state index contributed by atoms with van der Waals surface area (Å²) in [5.41, 5.74) is 4.32. The van der Waals surface area contributed by atoms with Gasteiger partial charge in [0.05, 0.1) is 0 Å². The molecule has 0 radical (unpaired) electrons. The minimum atomic E-state index is -1.62. The van der Waals surface area contributed by atoms with E-state index in [1.165, 1.54) is 23.1 Å². The van der Waals surface area contributed by atoms with Gasteiger partial charge in [0.2, 0.25) is 8.32 Å². The quantitative estimate of drug-likeness (QED) is 0.376. The van der Waals surface area contributed by atoms with Gasteiger partial charge < -0.3 is 4.43 Å². The highest BCUT2D eigenvalue weighted by Crippen LogP contribution is 2.40. The molecule has 0 atom stereocenters. The zero-order valence-electron chi connectivity index (χ0n) is 16.7. The Labute approximate surface area is 155 Å². The minimum absolute atomic E-state index is 0.0106. The third-order valence-corrected chi connectivity index (χ3v) is 5.67. The molecule has 0 heterocycles. The highest BCUT2D eigenvalue weighted by Gasteiger charge is 2.28. The van der Waals surface area contributed by atoms with Crippen molar-refractivity contribution >= 4 is 8.32 Å². The zero-order chi connectivity index (χ0) is 18.5. The summed E-state index contributed by atoms with van der Waals surface area (Å²) in [5.74, 6) is 1.16. The summed E-state index contributed by atoms with van der Waals surface area (Å²) in [4.78, 5) is 0. The first-order valence-electron chi connectivity index (χ1n) is 9.52. The summed E-state index contributed by atoms with van der Waals surface area (Å²) < 4.78 is 6.47. The highest BCUT2D eigenvalue weighted by atomic mass is 28.4. The van der Waals surface area contributed by atoms with Crippen molar-refractivity contribution in [2.24, 2.45) is 5.41 Å². The minimum Gasteiger partial charge on any atom is -0.544 e. The first-order chi connectivity index (χ1) is 11.7. The number of hydrogen-bond acceptors (Lipinski definition) is 1. The van der Waals surface area contributed by atoms with E-state index >= 15 is 0 Å². The Bertz CT molecular complexity index is 644. The molecule has 0 aliphatic heterocycles. The second kappa shape index (κ2) is 8.22. The van der Waals surface area contributed by atoms with E-state index in [0.29, 0.717) is 0 Å². The molecular formula is C23H34OSi. The van der Waals surface area contributed by atoms with Crippen LogP contribution in [-0.2, 0) is 10.8 Å². The molecular weight excluding hydrogens is 320 g/mol. The maximum Gasteiger partial charge on any atom is 0.242 e. The van der Waals surface area contributed by atoms with E-state index in [0.717, 1.165) is 31.4 Å². The monoisotopic (exact) mass is 354 g/mol. The van der Waals surface area contributed by atoms with Crippen LogP contribution in [0.3, 0.4) is 0 Å². The summed E-state index contributed by atoms with van der Waals surface area (Å²) in [6.07, 6.45) is 10.0. The van der Waals surface area contributed by atoms with Crippen molar-refractivity contribution in [2.45, 2.75) is 65.6 Å². The van der Waals surface area contributed by atoms with E-state index in [-0.39, 0.29) is 5.41 Å². The zero-order valence-corrected chi connectivity index (χ0v) is 17.7. The standard InChI is InChI=1S/C23H34OSi/c1-7-23(2,3)21(18-17-19-13-9-8-10-14-19)20-15-11-12-16-22(20)24-25(4,5)6/h7-10,13-14,16H,1,11-12,15,17-18H2,2-6H3/b21-20-. The van der Waals surface area contributed by atoms with Gasteiger partial charge in [0, 0.05) is 5.41 Å². The predicted molar refractivity (Wildman–Crippen MR) is 112 cm³/mol. The third kappa shape index (κ3) is 5.74. The van der Waals surface area contributed by atoms with Crippen molar-refractivity contribution in [1.29, 1.82) is 0 Å². The number of aryl methyl sites for hydroxylation is 1. The number of hydrogen-bond donors (Lipinski definition) is 0. The largest absolute Gasteiger partial charge is 0.544 e. The van der Waals surface area contributed by atoms with Crippen LogP contribution in [-0.4, -0.2) is 8.32 Å². The first-order valence-corrected chi connectivity index (χ1v) is 12.9. The predicted octanol–water partition coefficient (Wildman–Crippen LogP) is 7.05. The molecule has 136 valence electrons. The number of allylic oxidation sites excluding steroid dienone is 4. The topological polar surface area (TPSA) is 9.23 Å². The molecule has 0 saturated carbocycles. The van der Waals surface area contributed by atoms with Crippen molar-refractivity contribution in [3.8, 4) is 0 Å². The average molecular weight is 355 g/mol. The van der Waals surface area contributed by atoms with Crippen LogP contribution in [0.25, 0.3) is 0 Å². The van der Waals surface area contributed by atoms with Gasteiger partial charge in [-0.2, -0.15) is 0 Å². The van der Waals surface area contributed by atoms with Crippen LogP contribution in [0.15, 0.2) is 66.0 Å². The maximum absolute atomic E-state index is 6.47. The summed E-state index contributed by atoms with van der Waals surface area (Å²) in [7, 11) is -1.62. The van der Waals surface area contributed by atoms with Crippen LogP contribution in [0, 0.1) is 5.41 Å². The lowest BCUT2D eigenvalue weighted by Gasteiger charge is -2.33. The molecule has 2 heteroatoms. The van der Waals surface area contributed by atoms with E-state index in [9.17, 15) is 0 Å². The van der Waals surface area contributed by atoms with Gasteiger partial charge in [-0.15, -0.1) is 6.58 Å². The Morgan fingerprint density at radius 3 is 2.48 bits per heavy atom. The Morgan fingerprint density at radius 1 is 1.20 bits per heavy atom. The van der Waals surface area contributed by atoms with Crippen LogP contribution < -0.4 is 0 Å². The van der Waals surface area contributed by atoms with Crippen LogP contribution in [0.5, 0.6) is 0 Å². The van der Waals surface area contributed by atoms with Crippen molar-refractivity contribution in [1.82, 2.24) is 0 Å². The molecule has 0 spiro atoms. The Morgan fingerprint density at radius 2 is 1.88 bits per heavy atom. The molecule has 0 N–H and O–H groups in total. The second-order valence-electron chi connectivity index (χ2n) is 8.54. The molecule has 1 aliphatic carbocycles. The molecule has 25 heavy (non-hydrogen) atoms. The molecule has 1 aromatic carbocycles. The first kappa shape index (κ1) is 19.8. The van der Waals surface area contributed by atoms with E-state index < -0.39 is 8.32 Å². The van der Waals surface area contributed by atoms with Crippen LogP contribution in [0.4, 0.5) is 0 Å². The van der Waals surface area contributed by atoms with Gasteiger partial charge in [-0.3, -0.25) is 0 Å². The van der Waals surface area contributed by atoms with E-state index in [4.69, 9.17) is 4.43 Å². The summed E-state index contributed by atoms with van der Waals surface area (Å²) in [6.45, 7) is 15.5. The summed E-state index contributed by atoms with van der Waals surface area (Å²) in [5, 5.41) is 0. The van der Waals surface area contributed by atoms with E-state index in [1.54, 1.807) is 0 Å². The van der Waals surface area contributed by atoms with E-state index in [2.05, 4.69) is 82.6 Å². The van der Waals surface area contributed by atoms with Gasteiger partial charge in [0.15, 0.2) is 0 Å². The molecule has 0 unspecified atom stereocenters. The van der Waals surface area contributed by atoms with Crippen molar-refractivity contribution in [2.75, 3.05) is 0 Å². The fraction of sp³-hybridized carbons (Fsp3) is 0.478. The van der Waals surface area contributed by atoms with Crippen LogP contribution >= 0.6 is 0 Å². The Kier molecular flexibility index (Phi) is 6.51. The molecule has 0 aromatic heterocycles. The van der Waals surface area contributed by atoms with Crippen molar-refractivity contribution in [3.63, 3.8) is 0 Å². The molecule has 1 aliphatic rings. The third-order valence-electron chi connectivity index (χ3n) is 4.83. The maximum atomic E-state index is 6.47. The fourth-order valence-electron chi connectivity index (χ4n) is 3.39. The Balaban J connectivity index is 2.37. The van der Waals surface area contributed by atoms with Gasteiger partial charge in [-0.05, 0) is 69.0 Å². The summed E-state index contributed by atoms with van der Waals surface area (Å²) >= 11 is 0. The molecule has 2 rings (SSSR count). The highest BCUT2D eigenvalue weighted by molar-refractivity contribution is 6.70. The molecule has 0 amide bonds. The normalized spacial score (nSPS) is 17.7. The van der Waals surface area contributed by atoms with E-state index in [1.807, 2.05) is 0 Å². The number of rotatable bonds is 7. The fourth-order valence-corrected chi connectivity index (χ4v) is 4.26. The Hall–Kier alpha value is -1.54. The van der Waals surface area contributed by atoms with Gasteiger partial charge in [0.1, 0.15) is 5.76 Å².